The van der Waals surface area contributed by atoms with Gasteiger partial charge in [0.15, 0.2) is 46.3 Å². The van der Waals surface area contributed by atoms with E-state index >= 15 is 28.8 Å². The predicted molar refractivity (Wildman–Crippen MR) is 564 cm³/mol. The topological polar surface area (TPSA) is 666 Å². The second-order valence-electron chi connectivity index (χ2n) is 40.7. The first-order valence-electron chi connectivity index (χ1n) is 52.1. The van der Waals surface area contributed by atoms with E-state index in [1.807, 2.05) is 39.8 Å². The van der Waals surface area contributed by atoms with E-state index in [1.54, 1.807) is 109 Å². The number of likely N-dealkylation sites (N-methyl/N-ethyl adjacent to an activating group) is 1. The van der Waals surface area contributed by atoms with E-state index in [4.69, 9.17) is 11.5 Å². The number of aliphatic hydroxyl groups is 1. The van der Waals surface area contributed by atoms with Gasteiger partial charge in [0.05, 0.1) is 98.1 Å². The van der Waals surface area contributed by atoms with Gasteiger partial charge in [0.1, 0.15) is 35.5 Å². The summed E-state index contributed by atoms with van der Waals surface area (Å²) in [7, 11) is 1.60. The van der Waals surface area contributed by atoms with Crippen molar-refractivity contribution in [1.82, 2.24) is 95.2 Å². The van der Waals surface area contributed by atoms with Gasteiger partial charge in [0, 0.05) is 102 Å². The minimum absolute atomic E-state index is 0.00616. The van der Waals surface area contributed by atoms with Crippen molar-refractivity contribution in [2.24, 2.45) is 23.3 Å². The molecule has 9 amide bonds. The van der Waals surface area contributed by atoms with Crippen molar-refractivity contribution >= 4 is 128 Å². The molecule has 830 valence electrons. The lowest BCUT2D eigenvalue weighted by atomic mass is 9.88. The van der Waals surface area contributed by atoms with Gasteiger partial charge in [-0.05, 0) is 193 Å². The highest BCUT2D eigenvalue weighted by Gasteiger charge is 2.44. The fourth-order valence-electron chi connectivity index (χ4n) is 17.0. The second-order valence-corrected chi connectivity index (χ2v) is 40.7. The van der Waals surface area contributed by atoms with Crippen molar-refractivity contribution < 1.29 is 111 Å². The van der Waals surface area contributed by atoms with Crippen molar-refractivity contribution in [2.45, 2.75) is 346 Å². The fraction of sp³-hybridized carbons (Fsp3) is 0.607. The number of allylic oxidation sites excluding steroid dienone is 2. The predicted octanol–water partition coefficient (Wildman–Crippen LogP) is 1.45. The van der Waals surface area contributed by atoms with Crippen LogP contribution in [0.15, 0.2) is 97.2 Å². The van der Waals surface area contributed by atoms with E-state index in [-0.39, 0.29) is 182 Å². The summed E-state index contributed by atoms with van der Waals surface area (Å²) in [6.07, 6.45) is 3.34. The number of amides is 9. The van der Waals surface area contributed by atoms with Gasteiger partial charge in [-0.15, -0.1) is 0 Å². The highest BCUT2D eigenvalue weighted by molar-refractivity contribution is 6.41. The lowest BCUT2D eigenvalue weighted by Gasteiger charge is -2.34. The molecule has 1 aliphatic rings. The summed E-state index contributed by atoms with van der Waals surface area (Å²) in [6, 6.07) is 4.48. The fourth-order valence-corrected chi connectivity index (χ4v) is 17.0. The quantitative estimate of drug-likeness (QED) is 0.0169. The number of benzene rings is 3. The molecule has 17 atom stereocenters. The average molecular weight is 2100 g/mol. The average Bonchev–Trinajstić information content (AvgIpc) is 1.16. The molecule has 0 aliphatic carbocycles. The summed E-state index contributed by atoms with van der Waals surface area (Å²) in [5.41, 5.74) is 15.0. The Bertz CT molecular complexity index is 5210. The minimum Gasteiger partial charge on any atom is -0.508 e. The number of hydrogen-bond acceptors (Lipinski definition) is 32. The van der Waals surface area contributed by atoms with Gasteiger partial charge in [-0.1, -0.05) is 120 Å². The van der Waals surface area contributed by atoms with E-state index in [0.29, 0.717) is 66.1 Å². The Kier molecular flexibility index (Phi) is 56.2. The molecule has 3 aromatic carbocycles. The Morgan fingerprint density at radius 1 is 0.513 bits per heavy atom. The Morgan fingerprint density at radius 3 is 1.62 bits per heavy atom. The molecule has 43 heteroatoms. The number of H-pyrrole nitrogens is 1. The van der Waals surface area contributed by atoms with Crippen LogP contribution in [0.25, 0.3) is 10.9 Å². The molecule has 1 aliphatic heterocycles. The zero-order chi connectivity index (χ0) is 112. The van der Waals surface area contributed by atoms with Gasteiger partial charge in [-0.25, -0.2) is 10.9 Å². The zero-order valence-electron chi connectivity index (χ0n) is 89.6. The first kappa shape index (κ1) is 128. The molecule has 24 N–H and O–H groups in total. The van der Waals surface area contributed by atoms with Crippen LogP contribution in [0.3, 0.4) is 0 Å². The van der Waals surface area contributed by atoms with Crippen LogP contribution in [0.2, 0.25) is 0 Å². The summed E-state index contributed by atoms with van der Waals surface area (Å²) < 4.78 is 0. The maximum absolute atomic E-state index is 15.6. The monoisotopic (exact) mass is 2100 g/mol. The smallest absolute Gasteiger partial charge is 0.303 e. The van der Waals surface area contributed by atoms with Crippen LogP contribution in [0, 0.1) is 11.8 Å². The SMILES string of the molecule is CC(=O)N[C@@H](CC(C)C)C(=O)N[C@H](C(=O)N[C@@H](Cc1ccccc1)C(=O)N[C@]1(C)CCCCCC/C=C/CCC[C@@](C)(C(=O)CN[C@@H](C)C(=O)CCN[C@@H](C)C(=O)CCN[C@@H](C)C(=O)CCN[C@@H](C)C(=O)CCN[C@@H](C)C(=O)CN(C)CC(N)=O)NC(=O)[C@H](CC(C)C)NC(=O)[C@H](CCC(N)=O)NCN[C@@H](C)C(=O)CC(=O)[C@H](Cc2c[nH]c3ccccc23)NN[C@@H](Cc2ccc(O)cc2)C(=O)C(=O)[C@H](CCC(=O)O)NC1=O)[C@@H](C)O. The molecule has 0 unspecified atom stereocenters. The Hall–Kier alpha value is -12.3. The summed E-state index contributed by atoms with van der Waals surface area (Å²) in [5, 5.41) is 72.6. The molecule has 0 radical (unpaired) electrons. The number of phenols is 1. The van der Waals surface area contributed by atoms with E-state index in [1.165, 1.54) is 56.9 Å². The maximum Gasteiger partial charge on any atom is 0.303 e. The largest absolute Gasteiger partial charge is 0.508 e. The number of carbonyl (C=O) groups is 20. The number of nitrogens with zero attached hydrogens (tertiary/aromatic N) is 1. The Morgan fingerprint density at radius 2 is 1.06 bits per heavy atom. The third kappa shape index (κ3) is 46.7. The van der Waals surface area contributed by atoms with Crippen LogP contribution >= 0.6 is 0 Å². The van der Waals surface area contributed by atoms with Gasteiger partial charge < -0.3 is 95.6 Å². The van der Waals surface area contributed by atoms with Crippen LogP contribution in [0.5, 0.6) is 5.75 Å². The van der Waals surface area contributed by atoms with Crippen LogP contribution < -0.4 is 96.8 Å². The molecule has 150 heavy (non-hydrogen) atoms. The van der Waals surface area contributed by atoms with Gasteiger partial charge in [-0.3, -0.25) is 111 Å². The van der Waals surface area contributed by atoms with Gasteiger partial charge in [-0.2, -0.15) is 0 Å². The number of ketones is 10. The molecule has 5 rings (SSSR count). The number of rotatable bonds is 53. The first-order chi connectivity index (χ1) is 70.8. The van der Waals surface area contributed by atoms with Crippen molar-refractivity contribution in [2.75, 3.05) is 59.5 Å². The number of carboxylic acids is 1. The van der Waals surface area contributed by atoms with Crippen molar-refractivity contribution in [1.29, 1.82) is 0 Å². The summed E-state index contributed by atoms with van der Waals surface area (Å²) in [5.74, 6) is -14.8. The molecule has 0 bridgehead atoms. The number of para-hydroxylation sites is 1. The number of carbonyl (C=O) groups excluding carboxylic acids is 19. The molecule has 43 nitrogen and oxygen atoms in total. The number of aromatic amines is 1. The minimum atomic E-state index is -2.09. The van der Waals surface area contributed by atoms with E-state index in [9.17, 15) is 82.4 Å². The number of fused-ring (bicyclic) bond motifs is 1. The number of aliphatic hydroxyl groups excluding tert-OH is 1. The van der Waals surface area contributed by atoms with Gasteiger partial charge in [0.2, 0.25) is 64.7 Å². The summed E-state index contributed by atoms with van der Waals surface area (Å²) in [4.78, 5) is 283. The van der Waals surface area contributed by atoms with E-state index in [2.05, 4.69) is 90.3 Å². The standard InChI is InChI=1S/C107H164N20O23/c1-63(2)52-83(118-72(12)129)101(146)122-97(71(11)128)104(149)120-85(55-73-30-24-23-25-31-73)103(148)124-107(14)47-29-22-20-18-16-17-19-21-28-46-106(13,93(138)59-114-68(8)89(134)45-50-112-66(6)87(132)43-48-110-65(5)86(131)42-49-111-67(7)88(133)44-51-113-70(10)92(137)60-127(15)61-95(109)140)123-102(147)84(53-64(3)4)119-100(145)80(38-40-94(108)139)117-62-116-69(9)90(135)57-91(136)81(56-75-58-115-78-33-27-26-32-77(75)78)125-126-82(54-74-34-36-76(130)37-35-74)99(144)98(143)79(121-105(107)150)39-41-96(141)142/h17,19,23-27,30-37,58,63-71,79-85,97,110-117,125-126,128,130H,16,18,20-22,28-29,38-57,59-62H2,1-15H3,(H2,108,139)(H2,109,140)(H,118,129)(H,119,145)(H,120,149)(H,121,150)(H,122,146)(H,123,147)(H,124,148)(H,141,142)/b19-17+/t65-,66-,67-,68-,69-,70-,71+,79-,80-,81-,82-,83-,84-,85-,97-,106-,107+/m0/s1. The van der Waals surface area contributed by atoms with Crippen LogP contribution in [0.1, 0.15) is 242 Å². The number of aliphatic carboxylic acids is 1. The Labute approximate surface area is 878 Å². The van der Waals surface area contributed by atoms with Crippen molar-refractivity contribution in [3.8, 4) is 5.75 Å². The molecule has 0 spiro atoms. The lowest BCUT2D eigenvalue weighted by Crippen LogP contribution is -2.65. The number of Topliss-reactive ketones (excluding diaryl/α,β-unsaturated/α-hetero) is 10. The summed E-state index contributed by atoms with van der Waals surface area (Å²) >= 11 is 0. The van der Waals surface area contributed by atoms with E-state index < -0.39 is 216 Å². The van der Waals surface area contributed by atoms with Crippen molar-refractivity contribution in [3.63, 3.8) is 0 Å². The van der Waals surface area contributed by atoms with E-state index in [0.717, 1.165) is 0 Å². The number of aromatic hydroxyl groups is 1. The molecule has 0 saturated carbocycles. The number of hydrazine groups is 1. The van der Waals surface area contributed by atoms with Crippen LogP contribution in [-0.4, -0.2) is 303 Å². The molecular weight excluding hydrogens is 1930 g/mol. The number of hydrogen-bond donors (Lipinski definition) is 22. The second kappa shape index (κ2) is 65.7. The van der Waals surface area contributed by atoms with Crippen molar-refractivity contribution in [3.05, 3.63) is 114 Å². The van der Waals surface area contributed by atoms with Gasteiger partial charge in [0.25, 0.3) is 0 Å². The number of nitrogens with one attached hydrogen (secondary N) is 17. The zero-order valence-corrected chi connectivity index (χ0v) is 89.6. The van der Waals surface area contributed by atoms with Crippen LogP contribution in [-0.2, 0) is 115 Å². The highest BCUT2D eigenvalue weighted by Crippen LogP contribution is 2.25. The number of carboxylic acid groups (broad SMARTS) is 1. The number of phenolic OH excluding ortho intramolecular Hbond substituents is 1. The highest BCUT2D eigenvalue weighted by atomic mass is 16.4. The number of aromatic nitrogens is 1. The normalized spacial score (nSPS) is 21.4. The molecule has 1 aromatic heterocycles. The third-order valence-electron chi connectivity index (χ3n) is 26.5. The number of nitrogens with two attached hydrogens (primary N) is 2. The molecular formula is C107H164N20O23. The first-order valence-corrected chi connectivity index (χ1v) is 52.1. The number of primary amides is 2. The molecule has 2 heterocycles. The maximum atomic E-state index is 15.6. The third-order valence-corrected chi connectivity index (χ3v) is 26.5. The van der Waals surface area contributed by atoms with Gasteiger partial charge >= 0.3 is 5.97 Å². The molecule has 0 saturated heterocycles. The summed E-state index contributed by atoms with van der Waals surface area (Å²) in [6.45, 7) is 22.2. The molecule has 4 aromatic rings. The molecule has 0 fully saturated rings. The lowest BCUT2D eigenvalue weighted by molar-refractivity contribution is -0.143. The Balaban J connectivity index is 1.45. The van der Waals surface area contributed by atoms with Crippen LogP contribution in [0.4, 0.5) is 0 Å².